The van der Waals surface area contributed by atoms with E-state index in [1.54, 1.807) is 30.7 Å². The summed E-state index contributed by atoms with van der Waals surface area (Å²) in [5.41, 5.74) is 4.91. The Morgan fingerprint density at radius 2 is 2.05 bits per heavy atom. The van der Waals surface area contributed by atoms with Crippen molar-refractivity contribution in [2.75, 3.05) is 0 Å². The summed E-state index contributed by atoms with van der Waals surface area (Å²) in [5.74, 6) is 0.581. The third-order valence-electron chi connectivity index (χ3n) is 3.34. The Morgan fingerprint density at radius 1 is 1.27 bits per heavy atom. The zero-order chi connectivity index (χ0) is 15.4. The van der Waals surface area contributed by atoms with Gasteiger partial charge in [0.2, 0.25) is 0 Å². The number of para-hydroxylation sites is 1. The van der Waals surface area contributed by atoms with Gasteiger partial charge < -0.3 is 4.74 Å². The number of amides is 1. The molecule has 0 spiro atoms. The summed E-state index contributed by atoms with van der Waals surface area (Å²) in [4.78, 5) is 15.7. The van der Waals surface area contributed by atoms with Crippen molar-refractivity contribution in [1.29, 1.82) is 0 Å². The summed E-state index contributed by atoms with van der Waals surface area (Å²) in [6.45, 7) is 1.94. The maximum Gasteiger partial charge on any atom is 0.271 e. The zero-order valence-electron chi connectivity index (χ0n) is 12.1. The number of nitrogens with one attached hydrogen (secondary N) is 1. The van der Waals surface area contributed by atoms with Gasteiger partial charge in [-0.15, -0.1) is 0 Å². The lowest BCUT2D eigenvalue weighted by atomic mass is 10.0. The molecule has 1 atom stereocenters. The molecule has 2 aromatic rings. The molecule has 1 aliphatic heterocycles. The molecular formula is C17H15N3O2. The molecule has 5 nitrogen and oxygen atoms in total. The maximum absolute atomic E-state index is 11.9. The van der Waals surface area contributed by atoms with E-state index in [2.05, 4.69) is 15.5 Å². The van der Waals surface area contributed by atoms with Crippen LogP contribution >= 0.6 is 0 Å². The van der Waals surface area contributed by atoms with Gasteiger partial charge in [0.15, 0.2) is 0 Å². The quantitative estimate of drug-likeness (QED) is 0.699. The monoisotopic (exact) mass is 293 g/mol. The van der Waals surface area contributed by atoms with Gasteiger partial charge >= 0.3 is 0 Å². The SMILES string of the molecule is C[C@H]1Oc2ccccc2C=C1C=NNC(=O)c1ccncc1. The topological polar surface area (TPSA) is 63.6 Å². The Hall–Kier alpha value is -2.95. The standard InChI is InChI=1S/C17H15N3O2/c1-12-15(10-14-4-2-3-5-16(14)22-12)11-19-20-17(21)13-6-8-18-9-7-13/h2-12H,1H3,(H,20,21)/t12-/m1/s1. The molecule has 0 aliphatic carbocycles. The van der Waals surface area contributed by atoms with Crippen LogP contribution in [0.4, 0.5) is 0 Å². The number of hydrogen-bond donors (Lipinski definition) is 1. The van der Waals surface area contributed by atoms with Crippen molar-refractivity contribution in [1.82, 2.24) is 10.4 Å². The van der Waals surface area contributed by atoms with Crippen molar-refractivity contribution in [3.8, 4) is 5.75 Å². The second kappa shape index (κ2) is 6.22. The van der Waals surface area contributed by atoms with Crippen LogP contribution < -0.4 is 10.2 Å². The fraction of sp³-hybridized carbons (Fsp3) is 0.118. The average molecular weight is 293 g/mol. The van der Waals surface area contributed by atoms with Gasteiger partial charge in [0.1, 0.15) is 11.9 Å². The van der Waals surface area contributed by atoms with E-state index in [-0.39, 0.29) is 12.0 Å². The van der Waals surface area contributed by atoms with Crippen molar-refractivity contribution in [2.24, 2.45) is 5.10 Å². The molecule has 1 aromatic heterocycles. The van der Waals surface area contributed by atoms with Crippen LogP contribution in [0.2, 0.25) is 0 Å². The van der Waals surface area contributed by atoms with Gasteiger partial charge in [-0.1, -0.05) is 18.2 Å². The molecule has 0 bridgehead atoms. The molecule has 110 valence electrons. The Bertz CT molecular complexity index is 739. The van der Waals surface area contributed by atoms with Gasteiger partial charge in [-0.25, -0.2) is 5.43 Å². The highest BCUT2D eigenvalue weighted by atomic mass is 16.5. The van der Waals surface area contributed by atoms with E-state index in [1.165, 1.54) is 0 Å². The number of ether oxygens (including phenoxy) is 1. The molecule has 1 amide bonds. The maximum atomic E-state index is 11.9. The van der Waals surface area contributed by atoms with Crippen molar-refractivity contribution in [3.63, 3.8) is 0 Å². The van der Waals surface area contributed by atoms with Gasteiger partial charge in [0, 0.05) is 29.1 Å². The summed E-state index contributed by atoms with van der Waals surface area (Å²) in [5, 5.41) is 4.00. The molecule has 3 rings (SSSR count). The van der Waals surface area contributed by atoms with Crippen LogP contribution in [0.25, 0.3) is 6.08 Å². The first kappa shape index (κ1) is 14.0. The number of carbonyl (C=O) groups is 1. The molecule has 5 heteroatoms. The van der Waals surface area contributed by atoms with E-state index in [9.17, 15) is 4.79 Å². The first-order chi connectivity index (χ1) is 10.7. The summed E-state index contributed by atoms with van der Waals surface area (Å²) < 4.78 is 5.81. The smallest absolute Gasteiger partial charge is 0.271 e. The van der Waals surface area contributed by atoms with Crippen LogP contribution in [-0.2, 0) is 0 Å². The van der Waals surface area contributed by atoms with E-state index in [4.69, 9.17) is 4.74 Å². The second-order valence-electron chi connectivity index (χ2n) is 4.88. The third-order valence-corrected chi connectivity index (χ3v) is 3.34. The van der Waals surface area contributed by atoms with Gasteiger partial charge in [-0.05, 0) is 31.2 Å². The van der Waals surface area contributed by atoms with Crippen molar-refractivity contribution >= 4 is 18.2 Å². The van der Waals surface area contributed by atoms with E-state index < -0.39 is 0 Å². The minimum Gasteiger partial charge on any atom is -0.485 e. The second-order valence-corrected chi connectivity index (χ2v) is 4.88. The molecule has 22 heavy (non-hydrogen) atoms. The van der Waals surface area contributed by atoms with Crippen LogP contribution in [0.3, 0.4) is 0 Å². The number of benzene rings is 1. The lowest BCUT2D eigenvalue weighted by Crippen LogP contribution is -2.22. The zero-order valence-corrected chi connectivity index (χ0v) is 12.1. The first-order valence-electron chi connectivity index (χ1n) is 6.95. The summed E-state index contributed by atoms with van der Waals surface area (Å²) >= 11 is 0. The molecule has 0 saturated carbocycles. The third kappa shape index (κ3) is 3.03. The lowest BCUT2D eigenvalue weighted by Gasteiger charge is -2.22. The number of rotatable bonds is 3. The number of carbonyl (C=O) groups excluding carboxylic acids is 1. The highest BCUT2D eigenvalue weighted by Crippen LogP contribution is 2.28. The Kier molecular flexibility index (Phi) is 3.96. The molecule has 0 saturated heterocycles. The Balaban J connectivity index is 1.71. The predicted octanol–water partition coefficient (Wildman–Crippen LogP) is 2.66. The van der Waals surface area contributed by atoms with Gasteiger partial charge in [-0.3, -0.25) is 9.78 Å². The van der Waals surface area contributed by atoms with E-state index >= 15 is 0 Å². The van der Waals surface area contributed by atoms with Crippen LogP contribution in [0, 0.1) is 0 Å². The number of nitrogens with zero attached hydrogens (tertiary/aromatic N) is 2. The predicted molar refractivity (Wildman–Crippen MR) is 84.7 cm³/mol. The highest BCUT2D eigenvalue weighted by molar-refractivity contribution is 5.95. The molecule has 2 heterocycles. The van der Waals surface area contributed by atoms with E-state index in [0.29, 0.717) is 5.56 Å². The molecule has 1 aromatic carbocycles. The number of hydrazone groups is 1. The number of pyridine rings is 1. The van der Waals surface area contributed by atoms with E-state index in [1.807, 2.05) is 37.3 Å². The largest absolute Gasteiger partial charge is 0.485 e. The minimum atomic E-state index is -0.274. The molecule has 0 radical (unpaired) electrons. The van der Waals surface area contributed by atoms with Gasteiger partial charge in [0.25, 0.3) is 5.91 Å². The highest BCUT2D eigenvalue weighted by Gasteiger charge is 2.16. The lowest BCUT2D eigenvalue weighted by molar-refractivity contribution is 0.0955. The minimum absolute atomic E-state index is 0.114. The summed E-state index contributed by atoms with van der Waals surface area (Å²) in [6, 6.07) is 11.1. The van der Waals surface area contributed by atoms with Crippen LogP contribution in [-0.4, -0.2) is 23.2 Å². The molecule has 0 fully saturated rings. The van der Waals surface area contributed by atoms with E-state index in [0.717, 1.165) is 16.9 Å². The van der Waals surface area contributed by atoms with Gasteiger partial charge in [-0.2, -0.15) is 5.10 Å². The Morgan fingerprint density at radius 3 is 2.86 bits per heavy atom. The first-order valence-corrected chi connectivity index (χ1v) is 6.95. The molecule has 1 N–H and O–H groups in total. The Labute approximate surface area is 128 Å². The molecule has 0 unspecified atom stereocenters. The van der Waals surface area contributed by atoms with Crippen LogP contribution in [0.1, 0.15) is 22.8 Å². The number of fused-ring (bicyclic) bond motifs is 1. The van der Waals surface area contributed by atoms with Crippen molar-refractivity contribution in [3.05, 3.63) is 65.5 Å². The van der Waals surface area contributed by atoms with Crippen LogP contribution in [0.15, 0.2) is 59.5 Å². The summed E-state index contributed by atoms with van der Waals surface area (Å²) in [6.07, 6.45) is 6.63. The van der Waals surface area contributed by atoms with Crippen LogP contribution in [0.5, 0.6) is 5.75 Å². The molecule has 1 aliphatic rings. The average Bonchev–Trinajstić information content (AvgIpc) is 2.56. The van der Waals surface area contributed by atoms with Crippen molar-refractivity contribution in [2.45, 2.75) is 13.0 Å². The normalized spacial score (nSPS) is 16.6. The van der Waals surface area contributed by atoms with Gasteiger partial charge in [0.05, 0.1) is 6.21 Å². The number of aromatic nitrogens is 1. The van der Waals surface area contributed by atoms with Crippen molar-refractivity contribution < 1.29 is 9.53 Å². The molecular weight excluding hydrogens is 278 g/mol. The fourth-order valence-corrected chi connectivity index (χ4v) is 2.14. The number of hydrogen-bond acceptors (Lipinski definition) is 4. The fourth-order valence-electron chi connectivity index (χ4n) is 2.14. The summed E-state index contributed by atoms with van der Waals surface area (Å²) in [7, 11) is 0.